The van der Waals surface area contributed by atoms with Crippen molar-refractivity contribution in [2.45, 2.75) is 38.1 Å². The molecule has 30 heavy (non-hydrogen) atoms. The van der Waals surface area contributed by atoms with E-state index in [-0.39, 0.29) is 12.1 Å². The topological polar surface area (TPSA) is 106 Å². The summed E-state index contributed by atoms with van der Waals surface area (Å²) < 4.78 is 0. The summed E-state index contributed by atoms with van der Waals surface area (Å²) in [5, 5.41) is 16.8. The van der Waals surface area contributed by atoms with E-state index < -0.39 is 0 Å². The molecule has 1 saturated carbocycles. The molecule has 1 aliphatic carbocycles. The highest BCUT2D eigenvalue weighted by Crippen LogP contribution is 2.20. The first-order chi connectivity index (χ1) is 14.5. The van der Waals surface area contributed by atoms with Gasteiger partial charge in [-0.15, -0.1) is 0 Å². The molecule has 1 aliphatic rings. The zero-order valence-electron chi connectivity index (χ0n) is 17.7. The third kappa shape index (κ3) is 6.25. The van der Waals surface area contributed by atoms with Crippen molar-refractivity contribution >= 4 is 34.7 Å². The highest BCUT2D eigenvalue weighted by atomic mass is 16.2. The van der Waals surface area contributed by atoms with Gasteiger partial charge in [0.15, 0.2) is 0 Å². The average Bonchev–Trinajstić information content (AvgIpc) is 3.23. The van der Waals surface area contributed by atoms with Crippen molar-refractivity contribution in [2.75, 3.05) is 32.5 Å². The summed E-state index contributed by atoms with van der Waals surface area (Å²) in [5.41, 5.74) is 2.95. The molecule has 2 amide bonds. The Balaban J connectivity index is 1.67. The van der Waals surface area contributed by atoms with Gasteiger partial charge in [-0.1, -0.05) is 12.8 Å². The van der Waals surface area contributed by atoms with Gasteiger partial charge < -0.3 is 20.9 Å². The Labute approximate surface area is 177 Å². The van der Waals surface area contributed by atoms with Gasteiger partial charge >= 0.3 is 6.03 Å². The highest BCUT2D eigenvalue weighted by Gasteiger charge is 2.17. The van der Waals surface area contributed by atoms with E-state index >= 15 is 0 Å². The number of amides is 2. The summed E-state index contributed by atoms with van der Waals surface area (Å²) in [6, 6.07) is 5.51. The zero-order valence-corrected chi connectivity index (χ0v) is 17.7. The lowest BCUT2D eigenvalue weighted by Crippen LogP contribution is -2.36. The largest absolute Gasteiger partial charge is 0.390 e. The summed E-state index contributed by atoms with van der Waals surface area (Å²) in [7, 11) is 4.10. The molecule has 0 bridgehead atoms. The van der Waals surface area contributed by atoms with E-state index in [2.05, 4.69) is 30.8 Å². The number of fused-ring (bicyclic) bond motifs is 1. The number of anilines is 1. The number of rotatable bonds is 9. The van der Waals surface area contributed by atoms with E-state index in [0.29, 0.717) is 11.3 Å². The van der Waals surface area contributed by atoms with Crippen LogP contribution in [0.25, 0.3) is 16.6 Å². The van der Waals surface area contributed by atoms with Gasteiger partial charge in [-0.05, 0) is 58.1 Å². The summed E-state index contributed by atoms with van der Waals surface area (Å²) in [5.74, 6) is 0.485. The molecular formula is C22H31N7O. The summed E-state index contributed by atoms with van der Waals surface area (Å²) in [4.78, 5) is 23.3. The smallest absolute Gasteiger partial charge is 0.320 e. The molecule has 2 aromatic rings. The zero-order chi connectivity index (χ0) is 21.3. The van der Waals surface area contributed by atoms with Crippen molar-refractivity contribution < 1.29 is 4.79 Å². The Morgan fingerprint density at radius 1 is 1.27 bits per heavy atom. The first-order valence-electron chi connectivity index (χ1n) is 10.5. The molecule has 0 atom stereocenters. The van der Waals surface area contributed by atoms with Crippen molar-refractivity contribution in [3.05, 3.63) is 36.2 Å². The average molecular weight is 410 g/mol. The number of aromatic nitrogens is 2. The molecule has 2 heterocycles. The van der Waals surface area contributed by atoms with Crippen LogP contribution in [-0.2, 0) is 0 Å². The van der Waals surface area contributed by atoms with Crippen molar-refractivity contribution in [3.63, 3.8) is 0 Å². The number of nitrogens with zero attached hydrogens (tertiary/aromatic N) is 3. The second-order valence-electron chi connectivity index (χ2n) is 7.89. The maximum absolute atomic E-state index is 12.2. The lowest BCUT2D eigenvalue weighted by molar-refractivity contribution is 0.248. The van der Waals surface area contributed by atoms with E-state index in [1.54, 1.807) is 12.3 Å². The quantitative estimate of drug-likeness (QED) is 0.376. The minimum atomic E-state index is -0.222. The molecular weight excluding hydrogens is 378 g/mol. The van der Waals surface area contributed by atoms with Gasteiger partial charge in [-0.2, -0.15) is 0 Å². The van der Waals surface area contributed by atoms with Crippen LogP contribution in [0.15, 0.2) is 30.6 Å². The predicted molar refractivity (Wildman–Crippen MR) is 122 cm³/mol. The normalized spacial score (nSPS) is 14.8. The van der Waals surface area contributed by atoms with Gasteiger partial charge in [0.05, 0.1) is 11.0 Å². The van der Waals surface area contributed by atoms with Crippen LogP contribution in [0.4, 0.5) is 10.6 Å². The summed E-state index contributed by atoms with van der Waals surface area (Å²) in [6.45, 7) is 1.84. The van der Waals surface area contributed by atoms with E-state index in [9.17, 15) is 4.79 Å². The van der Waals surface area contributed by atoms with Crippen LogP contribution in [-0.4, -0.2) is 60.3 Å². The van der Waals surface area contributed by atoms with Crippen molar-refractivity contribution in [1.29, 1.82) is 5.41 Å². The van der Waals surface area contributed by atoms with Crippen molar-refractivity contribution in [2.24, 2.45) is 0 Å². The van der Waals surface area contributed by atoms with Crippen LogP contribution >= 0.6 is 0 Å². The molecule has 0 aromatic carbocycles. The van der Waals surface area contributed by atoms with Crippen LogP contribution in [0.5, 0.6) is 0 Å². The van der Waals surface area contributed by atoms with Gasteiger partial charge in [-0.3, -0.25) is 10.3 Å². The molecule has 1 fully saturated rings. The number of carbonyl (C=O) groups excluding carboxylic acids is 1. The van der Waals surface area contributed by atoms with Crippen LogP contribution in [0.1, 0.15) is 37.7 Å². The molecule has 3 rings (SSSR count). The van der Waals surface area contributed by atoms with Crippen LogP contribution in [0.3, 0.4) is 0 Å². The number of allylic oxidation sites excluding steroid dienone is 1. The van der Waals surface area contributed by atoms with Gasteiger partial charge in [0.25, 0.3) is 0 Å². The van der Waals surface area contributed by atoms with Crippen molar-refractivity contribution in [3.8, 4) is 0 Å². The number of hydrogen-bond acceptors (Lipinski definition) is 6. The first kappa shape index (κ1) is 21.7. The Morgan fingerprint density at radius 3 is 2.80 bits per heavy atom. The minimum absolute atomic E-state index is 0.222. The lowest BCUT2D eigenvalue weighted by atomic mass is 10.1. The van der Waals surface area contributed by atoms with E-state index in [1.165, 1.54) is 19.1 Å². The third-order valence-electron chi connectivity index (χ3n) is 5.14. The van der Waals surface area contributed by atoms with Crippen LogP contribution in [0.2, 0.25) is 0 Å². The monoisotopic (exact) mass is 409 g/mol. The Kier molecular flexibility index (Phi) is 7.73. The molecule has 0 unspecified atom stereocenters. The molecule has 0 saturated heterocycles. The Hall–Kier alpha value is -3.00. The van der Waals surface area contributed by atoms with Gasteiger partial charge in [0, 0.05) is 42.3 Å². The minimum Gasteiger partial charge on any atom is -0.390 e. The summed E-state index contributed by atoms with van der Waals surface area (Å²) in [6.07, 6.45) is 10.3. The number of nitrogens with one attached hydrogen (secondary N) is 4. The van der Waals surface area contributed by atoms with Gasteiger partial charge in [0.1, 0.15) is 5.82 Å². The number of hydrogen-bond donors (Lipinski definition) is 4. The van der Waals surface area contributed by atoms with Crippen LogP contribution in [0, 0.1) is 5.41 Å². The number of urea groups is 1. The Morgan fingerprint density at radius 2 is 2.07 bits per heavy atom. The van der Waals surface area contributed by atoms with E-state index in [4.69, 9.17) is 5.41 Å². The highest BCUT2D eigenvalue weighted by molar-refractivity contribution is 6.08. The third-order valence-corrected chi connectivity index (χ3v) is 5.14. The fourth-order valence-corrected chi connectivity index (χ4v) is 3.53. The SMILES string of the molecule is CN(C)CCCN/C=C(\C=N)c1cnc2ccc(NC(=O)NC3CCCC3)nc2c1. The second kappa shape index (κ2) is 10.7. The molecule has 0 radical (unpaired) electrons. The van der Waals surface area contributed by atoms with Crippen LogP contribution < -0.4 is 16.0 Å². The maximum Gasteiger partial charge on any atom is 0.320 e. The molecule has 8 nitrogen and oxygen atoms in total. The first-order valence-corrected chi connectivity index (χ1v) is 10.5. The Bertz CT molecular complexity index is 903. The number of carbonyl (C=O) groups is 1. The van der Waals surface area contributed by atoms with Crippen molar-refractivity contribution in [1.82, 2.24) is 25.5 Å². The molecule has 160 valence electrons. The fourth-order valence-electron chi connectivity index (χ4n) is 3.53. The van der Waals surface area contributed by atoms with E-state index in [1.807, 2.05) is 32.4 Å². The maximum atomic E-state index is 12.2. The second-order valence-corrected chi connectivity index (χ2v) is 7.89. The number of pyridine rings is 2. The molecule has 0 spiro atoms. The molecule has 0 aliphatic heterocycles. The fraction of sp³-hybridized carbons (Fsp3) is 0.455. The lowest BCUT2D eigenvalue weighted by Gasteiger charge is -2.13. The summed E-state index contributed by atoms with van der Waals surface area (Å²) >= 11 is 0. The molecule has 8 heteroatoms. The van der Waals surface area contributed by atoms with Gasteiger partial charge in [-0.25, -0.2) is 9.78 Å². The van der Waals surface area contributed by atoms with Gasteiger partial charge in [0.2, 0.25) is 0 Å². The standard InChI is InChI=1S/C22H31N7O/c1-29(2)11-5-10-24-14-17(13-23)16-12-20-19(25-15-16)8-9-21(27-20)28-22(30)26-18-6-3-4-7-18/h8-9,12-15,18,23-24H,3-7,10-11H2,1-2H3,(H2,26,27,28,30)/b17-14+,23-13?. The van der Waals surface area contributed by atoms with E-state index in [0.717, 1.165) is 49.0 Å². The predicted octanol–water partition coefficient (Wildman–Crippen LogP) is 3.23. The molecule has 2 aromatic heterocycles. The molecule has 4 N–H and O–H groups in total.